The Hall–Kier alpha value is -0.540. The van der Waals surface area contributed by atoms with Crippen molar-refractivity contribution >= 4 is 33.5 Å². The van der Waals surface area contributed by atoms with Crippen LogP contribution in [-0.4, -0.2) is 11.1 Å². The van der Waals surface area contributed by atoms with Gasteiger partial charge in [0.05, 0.1) is 6.42 Å². The smallest absolute Gasteiger partial charge is 0.307 e. The summed E-state index contributed by atoms with van der Waals surface area (Å²) < 4.78 is 0. The fourth-order valence-electron chi connectivity index (χ4n) is 1.05. The molecule has 1 rings (SSSR count). The molecular weight excluding hydrogens is 255 g/mol. The molecule has 0 aliphatic heterocycles. The third-order valence-electron chi connectivity index (χ3n) is 1.65. The van der Waals surface area contributed by atoms with Crippen molar-refractivity contribution in [2.45, 2.75) is 11.8 Å². The van der Waals surface area contributed by atoms with Gasteiger partial charge in [-0.1, -0.05) is 33.6 Å². The molecule has 0 saturated heterocycles. The molecule has 1 aromatic carbocycles. The Labute approximate surface area is 89.7 Å². The first-order chi connectivity index (χ1) is 6.13. The van der Waals surface area contributed by atoms with Gasteiger partial charge in [0, 0.05) is 10.4 Å². The largest absolute Gasteiger partial charge is 0.481 e. The lowest BCUT2D eigenvalue weighted by Crippen LogP contribution is -2.02. The normalized spacial score (nSPS) is 10.0. The van der Waals surface area contributed by atoms with Crippen LogP contribution in [0.3, 0.4) is 0 Å². The summed E-state index contributed by atoms with van der Waals surface area (Å²) in [7, 11) is 0. The second-order valence-electron chi connectivity index (χ2n) is 2.62. The summed E-state index contributed by atoms with van der Waals surface area (Å²) >= 11 is 9.04. The average molecular weight is 264 g/mol. The van der Waals surface area contributed by atoms with E-state index in [2.05, 4.69) is 15.9 Å². The van der Waals surface area contributed by atoms with Gasteiger partial charge < -0.3 is 5.11 Å². The summed E-state index contributed by atoms with van der Waals surface area (Å²) in [6, 6.07) is 5.27. The molecule has 0 amide bonds. The molecule has 0 bridgehead atoms. The number of rotatable bonds is 3. The molecule has 2 nitrogen and oxygen atoms in total. The SMILES string of the molecule is O=C(O)Cc1cc(Cl)ccc1CBr. The molecule has 1 N–H and O–H groups in total. The monoisotopic (exact) mass is 262 g/mol. The van der Waals surface area contributed by atoms with Crippen LogP contribution in [0.1, 0.15) is 11.1 Å². The third kappa shape index (κ3) is 3.01. The van der Waals surface area contributed by atoms with Crippen molar-refractivity contribution in [2.24, 2.45) is 0 Å². The minimum Gasteiger partial charge on any atom is -0.481 e. The topological polar surface area (TPSA) is 37.3 Å². The number of alkyl halides is 1. The van der Waals surface area contributed by atoms with Crippen LogP contribution in [-0.2, 0) is 16.5 Å². The summed E-state index contributed by atoms with van der Waals surface area (Å²) in [6.07, 6.45) is 0.0154. The predicted molar refractivity (Wildman–Crippen MR) is 55.4 cm³/mol. The highest BCUT2D eigenvalue weighted by atomic mass is 79.9. The molecule has 0 aliphatic rings. The van der Waals surface area contributed by atoms with Gasteiger partial charge in [0.2, 0.25) is 0 Å². The predicted octanol–water partition coefficient (Wildman–Crippen LogP) is 2.86. The summed E-state index contributed by atoms with van der Waals surface area (Å²) in [6.45, 7) is 0. The van der Waals surface area contributed by atoms with Gasteiger partial charge in [-0.15, -0.1) is 0 Å². The van der Waals surface area contributed by atoms with E-state index >= 15 is 0 Å². The summed E-state index contributed by atoms with van der Waals surface area (Å²) in [5.74, 6) is -0.843. The zero-order valence-corrected chi connectivity index (χ0v) is 9.10. The van der Waals surface area contributed by atoms with E-state index in [1.54, 1.807) is 12.1 Å². The molecule has 13 heavy (non-hydrogen) atoms. The molecule has 0 fully saturated rings. The summed E-state index contributed by atoms with van der Waals surface area (Å²) in [5, 5.41) is 9.84. The molecule has 0 aromatic heterocycles. The maximum Gasteiger partial charge on any atom is 0.307 e. The number of halogens is 2. The number of carbonyl (C=O) groups is 1. The van der Waals surface area contributed by atoms with Crippen molar-refractivity contribution in [1.82, 2.24) is 0 Å². The minimum atomic E-state index is -0.843. The van der Waals surface area contributed by atoms with E-state index in [4.69, 9.17) is 16.7 Å². The van der Waals surface area contributed by atoms with Crippen molar-refractivity contribution in [2.75, 3.05) is 0 Å². The van der Waals surface area contributed by atoms with Crippen molar-refractivity contribution in [3.8, 4) is 0 Å². The maximum absolute atomic E-state index is 10.5. The first-order valence-electron chi connectivity index (χ1n) is 3.68. The van der Waals surface area contributed by atoms with E-state index in [0.29, 0.717) is 10.4 Å². The van der Waals surface area contributed by atoms with Crippen LogP contribution in [0.15, 0.2) is 18.2 Å². The zero-order valence-electron chi connectivity index (χ0n) is 6.76. The Balaban J connectivity index is 3.01. The molecule has 1 aromatic rings. The van der Waals surface area contributed by atoms with Crippen LogP contribution in [0.2, 0.25) is 5.02 Å². The molecule has 4 heteroatoms. The van der Waals surface area contributed by atoms with Crippen molar-refractivity contribution in [3.05, 3.63) is 34.3 Å². The van der Waals surface area contributed by atoms with Crippen LogP contribution >= 0.6 is 27.5 Å². The van der Waals surface area contributed by atoms with Crippen LogP contribution < -0.4 is 0 Å². The van der Waals surface area contributed by atoms with Gasteiger partial charge in [0.1, 0.15) is 0 Å². The summed E-state index contributed by atoms with van der Waals surface area (Å²) in [5.41, 5.74) is 1.73. The molecule has 0 radical (unpaired) electrons. The highest BCUT2D eigenvalue weighted by Gasteiger charge is 2.06. The van der Waals surface area contributed by atoms with Gasteiger partial charge >= 0.3 is 5.97 Å². The number of hydrogen-bond acceptors (Lipinski definition) is 1. The van der Waals surface area contributed by atoms with E-state index in [1.165, 1.54) is 0 Å². The number of hydrogen-bond donors (Lipinski definition) is 1. The Kier molecular flexibility index (Phi) is 3.75. The minimum absolute atomic E-state index is 0.0154. The molecular formula is C9H8BrClO2. The Morgan fingerprint density at radius 3 is 2.69 bits per heavy atom. The zero-order chi connectivity index (χ0) is 9.84. The second kappa shape index (κ2) is 4.63. The third-order valence-corrected chi connectivity index (χ3v) is 2.49. The molecule has 0 atom stereocenters. The fourth-order valence-corrected chi connectivity index (χ4v) is 1.79. The fraction of sp³-hybridized carbons (Fsp3) is 0.222. The van der Waals surface area contributed by atoms with E-state index in [9.17, 15) is 4.79 Å². The molecule has 0 unspecified atom stereocenters. The van der Waals surface area contributed by atoms with Gasteiger partial charge in [0.25, 0.3) is 0 Å². The maximum atomic E-state index is 10.5. The van der Waals surface area contributed by atoms with Crippen LogP contribution in [0.25, 0.3) is 0 Å². The number of carboxylic acids is 1. The van der Waals surface area contributed by atoms with Crippen LogP contribution in [0.5, 0.6) is 0 Å². The molecule has 0 spiro atoms. The lowest BCUT2D eigenvalue weighted by atomic mass is 10.1. The van der Waals surface area contributed by atoms with Gasteiger partial charge in [-0.25, -0.2) is 0 Å². The van der Waals surface area contributed by atoms with Gasteiger partial charge in [-0.05, 0) is 23.3 Å². The number of benzene rings is 1. The van der Waals surface area contributed by atoms with Crippen molar-refractivity contribution in [3.63, 3.8) is 0 Å². The first-order valence-corrected chi connectivity index (χ1v) is 5.18. The van der Waals surface area contributed by atoms with E-state index in [1.807, 2.05) is 6.07 Å². The standard InChI is InChI=1S/C9H8BrClO2/c10-5-6-1-2-8(11)3-7(6)4-9(12)13/h1-3H,4-5H2,(H,12,13). The lowest BCUT2D eigenvalue weighted by molar-refractivity contribution is -0.136. The van der Waals surface area contributed by atoms with Crippen molar-refractivity contribution < 1.29 is 9.90 Å². The second-order valence-corrected chi connectivity index (χ2v) is 3.61. The quantitative estimate of drug-likeness (QED) is 0.852. The molecule has 0 saturated carbocycles. The summed E-state index contributed by atoms with van der Waals surface area (Å²) in [4.78, 5) is 10.5. The van der Waals surface area contributed by atoms with Gasteiger partial charge in [-0.2, -0.15) is 0 Å². The Morgan fingerprint density at radius 2 is 2.15 bits per heavy atom. The van der Waals surface area contributed by atoms with Crippen LogP contribution in [0.4, 0.5) is 0 Å². The highest BCUT2D eigenvalue weighted by Crippen LogP contribution is 2.18. The molecule has 70 valence electrons. The Morgan fingerprint density at radius 1 is 1.46 bits per heavy atom. The molecule has 0 heterocycles. The van der Waals surface area contributed by atoms with Crippen molar-refractivity contribution in [1.29, 1.82) is 0 Å². The Bertz CT molecular complexity index is 325. The van der Waals surface area contributed by atoms with Gasteiger partial charge in [0.15, 0.2) is 0 Å². The first kappa shape index (κ1) is 10.5. The number of aliphatic carboxylic acids is 1. The van der Waals surface area contributed by atoms with E-state index in [0.717, 1.165) is 11.1 Å². The number of carboxylic acid groups (broad SMARTS) is 1. The molecule has 0 aliphatic carbocycles. The highest BCUT2D eigenvalue weighted by molar-refractivity contribution is 9.08. The van der Waals surface area contributed by atoms with E-state index < -0.39 is 5.97 Å². The lowest BCUT2D eigenvalue weighted by Gasteiger charge is -2.04. The van der Waals surface area contributed by atoms with E-state index in [-0.39, 0.29) is 6.42 Å². The van der Waals surface area contributed by atoms with Gasteiger partial charge in [-0.3, -0.25) is 4.79 Å². The van der Waals surface area contributed by atoms with Crippen LogP contribution in [0, 0.1) is 0 Å². The average Bonchev–Trinajstić information content (AvgIpc) is 2.03.